The monoisotopic (exact) mass is 249 g/mol. The summed E-state index contributed by atoms with van der Waals surface area (Å²) in [5.74, 6) is 0.599. The topological polar surface area (TPSA) is 42.4 Å². The van der Waals surface area contributed by atoms with E-state index in [0.29, 0.717) is 18.7 Å². The van der Waals surface area contributed by atoms with Crippen LogP contribution in [0.5, 0.6) is 5.88 Å². The Hall–Kier alpha value is -1.39. The lowest BCUT2D eigenvalue weighted by atomic mass is 10.1. The van der Waals surface area contributed by atoms with E-state index in [-0.39, 0.29) is 6.10 Å². The van der Waals surface area contributed by atoms with Gasteiger partial charge in [0.25, 0.3) is 0 Å². The minimum atomic E-state index is -0.358. The minimum Gasteiger partial charge on any atom is -0.481 e. The van der Waals surface area contributed by atoms with Gasteiger partial charge in [-0.1, -0.05) is 12.1 Å². The van der Waals surface area contributed by atoms with Crippen LogP contribution < -0.4 is 4.74 Å². The Morgan fingerprint density at radius 1 is 1.35 bits per heavy atom. The molecule has 1 atom stereocenters. The van der Waals surface area contributed by atoms with Gasteiger partial charge in [-0.3, -0.25) is 0 Å². The summed E-state index contributed by atoms with van der Waals surface area (Å²) in [5, 5.41) is 12.0. The van der Waals surface area contributed by atoms with Crippen molar-refractivity contribution in [2.45, 2.75) is 18.9 Å². The van der Waals surface area contributed by atoms with Gasteiger partial charge in [-0.25, -0.2) is 4.98 Å². The fourth-order valence-corrected chi connectivity index (χ4v) is 2.44. The highest BCUT2D eigenvalue weighted by molar-refractivity contribution is 7.09. The van der Waals surface area contributed by atoms with Gasteiger partial charge in [-0.2, -0.15) is 0 Å². The summed E-state index contributed by atoms with van der Waals surface area (Å²) in [6.45, 7) is 0. The predicted octanol–water partition coefficient (Wildman–Crippen LogP) is 2.30. The number of nitrogens with zero attached hydrogens (tertiary/aromatic N) is 1. The molecule has 0 fully saturated rings. The summed E-state index contributed by atoms with van der Waals surface area (Å²) in [7, 11) is 1.59. The molecule has 0 saturated heterocycles. The van der Waals surface area contributed by atoms with Gasteiger partial charge in [0.05, 0.1) is 13.2 Å². The maximum Gasteiger partial charge on any atom is 0.212 e. The van der Waals surface area contributed by atoms with Gasteiger partial charge in [0.15, 0.2) is 0 Å². The molecule has 2 aromatic heterocycles. The number of methoxy groups -OCH3 is 1. The fraction of sp³-hybridized carbons (Fsp3) is 0.308. The van der Waals surface area contributed by atoms with Crippen molar-refractivity contribution in [2.24, 2.45) is 0 Å². The van der Waals surface area contributed by atoms with Crippen LogP contribution >= 0.6 is 11.3 Å². The molecule has 0 aromatic carbocycles. The summed E-state index contributed by atoms with van der Waals surface area (Å²) in [6, 6.07) is 7.79. The summed E-state index contributed by atoms with van der Waals surface area (Å²) >= 11 is 1.67. The van der Waals surface area contributed by atoms with Crippen molar-refractivity contribution in [3.8, 4) is 5.88 Å². The highest BCUT2D eigenvalue weighted by Crippen LogP contribution is 2.14. The van der Waals surface area contributed by atoms with E-state index in [1.54, 1.807) is 24.6 Å². The molecule has 4 heteroatoms. The molecular weight excluding hydrogens is 234 g/mol. The fourth-order valence-electron chi connectivity index (χ4n) is 1.66. The Balaban J connectivity index is 1.91. The van der Waals surface area contributed by atoms with Crippen molar-refractivity contribution in [3.05, 3.63) is 46.3 Å². The summed E-state index contributed by atoms with van der Waals surface area (Å²) in [5.41, 5.74) is 1.02. The molecule has 0 aliphatic carbocycles. The minimum absolute atomic E-state index is 0.358. The third kappa shape index (κ3) is 3.54. The Morgan fingerprint density at radius 3 is 2.82 bits per heavy atom. The van der Waals surface area contributed by atoms with Crippen molar-refractivity contribution in [3.63, 3.8) is 0 Å². The van der Waals surface area contributed by atoms with E-state index in [1.807, 2.05) is 29.6 Å². The number of aliphatic hydroxyl groups excluding tert-OH is 1. The average molecular weight is 249 g/mol. The number of aliphatic hydroxyl groups is 1. The van der Waals surface area contributed by atoms with E-state index >= 15 is 0 Å². The molecule has 2 heterocycles. The molecule has 3 nitrogen and oxygen atoms in total. The smallest absolute Gasteiger partial charge is 0.212 e. The summed E-state index contributed by atoms with van der Waals surface area (Å²) in [4.78, 5) is 5.32. The van der Waals surface area contributed by atoms with Crippen molar-refractivity contribution in [1.82, 2.24) is 4.98 Å². The largest absolute Gasteiger partial charge is 0.481 e. The number of ether oxygens (including phenoxy) is 1. The number of pyridine rings is 1. The molecule has 17 heavy (non-hydrogen) atoms. The Labute approximate surface area is 105 Å². The van der Waals surface area contributed by atoms with Crippen LogP contribution in [0.2, 0.25) is 0 Å². The molecule has 0 aliphatic rings. The summed E-state index contributed by atoms with van der Waals surface area (Å²) in [6.07, 6.45) is 2.71. The molecular formula is C13H15NO2S. The highest BCUT2D eigenvalue weighted by Gasteiger charge is 2.08. The number of rotatable bonds is 5. The van der Waals surface area contributed by atoms with Gasteiger partial charge in [0.2, 0.25) is 5.88 Å². The maximum atomic E-state index is 9.95. The molecule has 0 spiro atoms. The first-order valence-electron chi connectivity index (χ1n) is 5.47. The lowest BCUT2D eigenvalue weighted by Crippen LogP contribution is -2.13. The van der Waals surface area contributed by atoms with Gasteiger partial charge in [0.1, 0.15) is 0 Å². The molecule has 0 radical (unpaired) electrons. The normalized spacial score (nSPS) is 12.4. The van der Waals surface area contributed by atoms with Gasteiger partial charge >= 0.3 is 0 Å². The van der Waals surface area contributed by atoms with Gasteiger partial charge in [-0.05, 0) is 17.0 Å². The first-order chi connectivity index (χ1) is 8.28. The molecule has 90 valence electrons. The van der Waals surface area contributed by atoms with E-state index in [9.17, 15) is 5.11 Å². The molecule has 0 bridgehead atoms. The zero-order chi connectivity index (χ0) is 12.1. The number of hydrogen-bond donors (Lipinski definition) is 1. The standard InChI is InChI=1S/C13H15NO2S/c1-16-13-5-4-10(9-14-13)7-11(15)8-12-3-2-6-17-12/h2-6,9,11,15H,7-8H2,1H3. The van der Waals surface area contributed by atoms with E-state index in [2.05, 4.69) is 4.98 Å². The quantitative estimate of drug-likeness (QED) is 0.884. The van der Waals surface area contributed by atoms with Gasteiger partial charge in [0, 0.05) is 30.0 Å². The van der Waals surface area contributed by atoms with Crippen LogP contribution in [0.15, 0.2) is 35.8 Å². The van der Waals surface area contributed by atoms with Crippen molar-refractivity contribution in [1.29, 1.82) is 0 Å². The third-order valence-electron chi connectivity index (χ3n) is 2.49. The zero-order valence-electron chi connectivity index (χ0n) is 9.67. The third-order valence-corrected chi connectivity index (χ3v) is 3.39. The molecule has 1 N–H and O–H groups in total. The highest BCUT2D eigenvalue weighted by atomic mass is 32.1. The first kappa shape index (κ1) is 12.1. The van der Waals surface area contributed by atoms with Crippen LogP contribution in [0.1, 0.15) is 10.4 Å². The van der Waals surface area contributed by atoms with E-state index in [4.69, 9.17) is 4.74 Å². The second kappa shape index (κ2) is 5.80. The van der Waals surface area contributed by atoms with Gasteiger partial charge in [-0.15, -0.1) is 11.3 Å². The van der Waals surface area contributed by atoms with Crippen LogP contribution in [0.25, 0.3) is 0 Å². The Bertz CT molecular complexity index is 439. The lowest BCUT2D eigenvalue weighted by Gasteiger charge is -2.09. The van der Waals surface area contributed by atoms with E-state index in [1.165, 1.54) is 4.88 Å². The molecule has 2 rings (SSSR count). The van der Waals surface area contributed by atoms with Crippen molar-refractivity contribution < 1.29 is 9.84 Å². The Morgan fingerprint density at radius 2 is 2.24 bits per heavy atom. The van der Waals surface area contributed by atoms with Crippen molar-refractivity contribution in [2.75, 3.05) is 7.11 Å². The predicted molar refractivity (Wildman–Crippen MR) is 68.5 cm³/mol. The molecule has 2 aromatic rings. The second-order valence-electron chi connectivity index (χ2n) is 3.85. The first-order valence-corrected chi connectivity index (χ1v) is 6.35. The van der Waals surface area contributed by atoms with E-state index < -0.39 is 0 Å². The number of aromatic nitrogens is 1. The second-order valence-corrected chi connectivity index (χ2v) is 4.88. The SMILES string of the molecule is COc1ccc(CC(O)Cc2cccs2)cn1. The Kier molecular flexibility index (Phi) is 4.12. The van der Waals surface area contributed by atoms with E-state index in [0.717, 1.165) is 5.56 Å². The molecule has 0 amide bonds. The molecule has 1 unspecified atom stereocenters. The van der Waals surface area contributed by atoms with Crippen LogP contribution in [0.3, 0.4) is 0 Å². The maximum absolute atomic E-state index is 9.95. The zero-order valence-corrected chi connectivity index (χ0v) is 10.5. The van der Waals surface area contributed by atoms with Crippen LogP contribution in [0.4, 0.5) is 0 Å². The number of thiophene rings is 1. The van der Waals surface area contributed by atoms with Crippen LogP contribution in [0, 0.1) is 0 Å². The number of hydrogen-bond acceptors (Lipinski definition) is 4. The van der Waals surface area contributed by atoms with Crippen LogP contribution in [-0.4, -0.2) is 23.3 Å². The van der Waals surface area contributed by atoms with Gasteiger partial charge < -0.3 is 9.84 Å². The molecule has 0 saturated carbocycles. The molecule has 0 aliphatic heterocycles. The average Bonchev–Trinajstić information content (AvgIpc) is 2.82. The lowest BCUT2D eigenvalue weighted by molar-refractivity contribution is 0.176. The van der Waals surface area contributed by atoms with Crippen molar-refractivity contribution >= 4 is 11.3 Å². The summed E-state index contributed by atoms with van der Waals surface area (Å²) < 4.78 is 4.99. The van der Waals surface area contributed by atoms with Crippen LogP contribution in [-0.2, 0) is 12.8 Å².